The lowest BCUT2D eigenvalue weighted by Crippen LogP contribution is -2.34. The first-order chi connectivity index (χ1) is 9.20. The van der Waals surface area contributed by atoms with Crippen LogP contribution in [0.5, 0.6) is 0 Å². The number of rotatable bonds is 5. The maximum Gasteiger partial charge on any atom is 0.147 e. The number of Topliss-reactive ketones (excluding diaryl/α,β-unsaturated/α-hetero) is 1. The van der Waals surface area contributed by atoms with E-state index in [1.165, 1.54) is 0 Å². The van der Waals surface area contributed by atoms with Crippen LogP contribution in [0.3, 0.4) is 0 Å². The average molecular weight is 254 g/mol. The molecule has 1 aromatic carbocycles. The maximum absolute atomic E-state index is 11.4. The summed E-state index contributed by atoms with van der Waals surface area (Å²) in [5.74, 6) is 0.166. The monoisotopic (exact) mass is 254 g/mol. The zero-order valence-corrected chi connectivity index (χ0v) is 11.3. The van der Waals surface area contributed by atoms with Gasteiger partial charge < -0.3 is 5.32 Å². The van der Waals surface area contributed by atoms with E-state index >= 15 is 0 Å². The van der Waals surface area contributed by atoms with Crippen molar-refractivity contribution in [3.8, 4) is 11.1 Å². The fourth-order valence-electron chi connectivity index (χ4n) is 2.05. The first-order valence-electron chi connectivity index (χ1n) is 6.38. The Labute approximate surface area is 113 Å². The van der Waals surface area contributed by atoms with Crippen molar-refractivity contribution in [2.45, 2.75) is 19.4 Å². The lowest BCUT2D eigenvalue weighted by molar-refractivity contribution is -0.118. The Kier molecular flexibility index (Phi) is 4.42. The Balaban J connectivity index is 2.13. The van der Waals surface area contributed by atoms with Crippen LogP contribution in [0.1, 0.15) is 12.5 Å². The summed E-state index contributed by atoms with van der Waals surface area (Å²) in [6.45, 7) is 1.62. The fourth-order valence-corrected chi connectivity index (χ4v) is 2.05. The highest BCUT2D eigenvalue weighted by molar-refractivity contribution is 5.81. The van der Waals surface area contributed by atoms with E-state index in [9.17, 15) is 4.79 Å². The van der Waals surface area contributed by atoms with E-state index in [1.54, 1.807) is 13.1 Å². The first kappa shape index (κ1) is 13.4. The number of pyridine rings is 1. The van der Waals surface area contributed by atoms with Crippen LogP contribution in [-0.2, 0) is 11.2 Å². The summed E-state index contributed by atoms with van der Waals surface area (Å²) in [7, 11) is 1.82. The fraction of sp³-hybridized carbons (Fsp3) is 0.250. The van der Waals surface area contributed by atoms with Crippen LogP contribution in [0.15, 0.2) is 48.8 Å². The highest BCUT2D eigenvalue weighted by Gasteiger charge is 2.11. The molecule has 0 saturated heterocycles. The van der Waals surface area contributed by atoms with Crippen molar-refractivity contribution < 1.29 is 4.79 Å². The number of nitrogens with zero attached hydrogens (tertiary/aromatic N) is 1. The van der Waals surface area contributed by atoms with E-state index in [0.29, 0.717) is 0 Å². The Bertz CT molecular complexity index is 534. The molecule has 0 saturated carbocycles. The van der Waals surface area contributed by atoms with Crippen LogP contribution in [0, 0.1) is 0 Å². The summed E-state index contributed by atoms with van der Waals surface area (Å²) in [5.41, 5.74) is 3.40. The van der Waals surface area contributed by atoms with Crippen molar-refractivity contribution in [1.29, 1.82) is 0 Å². The van der Waals surface area contributed by atoms with Gasteiger partial charge in [0.25, 0.3) is 0 Å². The van der Waals surface area contributed by atoms with Gasteiger partial charge in [-0.05, 0) is 43.1 Å². The molecule has 0 bridgehead atoms. The van der Waals surface area contributed by atoms with Crippen LogP contribution in [0.2, 0.25) is 0 Å². The normalized spacial score (nSPS) is 12.1. The quantitative estimate of drug-likeness (QED) is 0.891. The number of carbonyl (C=O) groups is 1. The molecule has 1 aromatic heterocycles. The van der Waals surface area contributed by atoms with Gasteiger partial charge in [-0.15, -0.1) is 0 Å². The molecule has 98 valence electrons. The molecular weight excluding hydrogens is 236 g/mol. The number of likely N-dealkylation sites (N-methyl/N-ethyl adjacent to an activating group) is 1. The highest BCUT2D eigenvalue weighted by Crippen LogP contribution is 2.18. The second-order valence-corrected chi connectivity index (χ2v) is 4.59. The Morgan fingerprint density at radius 2 is 1.95 bits per heavy atom. The molecule has 0 amide bonds. The molecule has 0 aliphatic rings. The van der Waals surface area contributed by atoms with Crippen molar-refractivity contribution in [3.05, 3.63) is 54.4 Å². The molecule has 1 atom stereocenters. The molecule has 0 radical (unpaired) electrons. The third-order valence-corrected chi connectivity index (χ3v) is 3.23. The third kappa shape index (κ3) is 3.48. The van der Waals surface area contributed by atoms with E-state index in [1.807, 2.05) is 25.4 Å². The predicted octanol–water partition coefficient (Wildman–Crippen LogP) is 2.47. The van der Waals surface area contributed by atoms with E-state index in [2.05, 4.69) is 34.6 Å². The van der Waals surface area contributed by atoms with E-state index < -0.39 is 0 Å². The number of aromatic nitrogens is 1. The van der Waals surface area contributed by atoms with Gasteiger partial charge in [0, 0.05) is 12.4 Å². The van der Waals surface area contributed by atoms with Gasteiger partial charge in [0.05, 0.1) is 6.04 Å². The molecule has 0 unspecified atom stereocenters. The molecule has 1 N–H and O–H groups in total. The molecule has 3 heteroatoms. The summed E-state index contributed by atoms with van der Waals surface area (Å²) in [6, 6.07) is 12.1. The molecule has 0 aliphatic heterocycles. The summed E-state index contributed by atoms with van der Waals surface area (Å²) in [5, 5.41) is 3.04. The topological polar surface area (TPSA) is 42.0 Å². The van der Waals surface area contributed by atoms with Gasteiger partial charge in [-0.3, -0.25) is 9.78 Å². The highest BCUT2D eigenvalue weighted by atomic mass is 16.1. The van der Waals surface area contributed by atoms with Crippen molar-refractivity contribution in [1.82, 2.24) is 10.3 Å². The molecule has 2 aromatic rings. The van der Waals surface area contributed by atoms with Crippen molar-refractivity contribution in [2.24, 2.45) is 0 Å². The number of nitrogens with one attached hydrogen (secondary N) is 1. The first-order valence-corrected chi connectivity index (χ1v) is 6.38. The molecule has 19 heavy (non-hydrogen) atoms. The molecule has 2 rings (SSSR count). The van der Waals surface area contributed by atoms with Crippen LogP contribution in [-0.4, -0.2) is 23.9 Å². The van der Waals surface area contributed by atoms with Crippen molar-refractivity contribution in [3.63, 3.8) is 0 Å². The van der Waals surface area contributed by atoms with Gasteiger partial charge >= 0.3 is 0 Å². The third-order valence-electron chi connectivity index (χ3n) is 3.23. The molecule has 1 heterocycles. The van der Waals surface area contributed by atoms with Gasteiger partial charge in [-0.25, -0.2) is 0 Å². The SMILES string of the molecule is CN[C@@H](Cc1ccc(-c2cccnc2)cc1)C(C)=O. The second-order valence-electron chi connectivity index (χ2n) is 4.59. The van der Waals surface area contributed by atoms with Gasteiger partial charge in [0.1, 0.15) is 5.78 Å². The zero-order chi connectivity index (χ0) is 13.7. The van der Waals surface area contributed by atoms with E-state index in [4.69, 9.17) is 0 Å². The van der Waals surface area contributed by atoms with Gasteiger partial charge in [-0.1, -0.05) is 30.3 Å². The number of hydrogen-bond acceptors (Lipinski definition) is 3. The predicted molar refractivity (Wildman–Crippen MR) is 76.9 cm³/mol. The summed E-state index contributed by atoms with van der Waals surface area (Å²) in [6.07, 6.45) is 4.34. The zero-order valence-electron chi connectivity index (χ0n) is 11.3. The minimum absolute atomic E-state index is 0.107. The smallest absolute Gasteiger partial charge is 0.147 e. The Hall–Kier alpha value is -2.00. The maximum atomic E-state index is 11.4. The summed E-state index contributed by atoms with van der Waals surface area (Å²) < 4.78 is 0. The van der Waals surface area contributed by atoms with Crippen molar-refractivity contribution >= 4 is 5.78 Å². The van der Waals surface area contributed by atoms with Crippen LogP contribution < -0.4 is 5.32 Å². The lowest BCUT2D eigenvalue weighted by atomic mass is 10.00. The number of ketones is 1. The van der Waals surface area contributed by atoms with E-state index in [0.717, 1.165) is 23.1 Å². The standard InChI is InChI=1S/C16H18N2O/c1-12(19)16(17-2)10-13-5-7-14(8-6-13)15-4-3-9-18-11-15/h3-9,11,16-17H,10H2,1-2H3/t16-/m0/s1. The summed E-state index contributed by atoms with van der Waals surface area (Å²) >= 11 is 0. The number of hydrogen-bond donors (Lipinski definition) is 1. The summed E-state index contributed by atoms with van der Waals surface area (Å²) in [4.78, 5) is 15.5. The largest absolute Gasteiger partial charge is 0.310 e. The van der Waals surface area contributed by atoms with Gasteiger partial charge in [0.2, 0.25) is 0 Å². The molecule has 0 aliphatic carbocycles. The van der Waals surface area contributed by atoms with E-state index in [-0.39, 0.29) is 11.8 Å². The van der Waals surface area contributed by atoms with Crippen LogP contribution in [0.25, 0.3) is 11.1 Å². The molecule has 0 spiro atoms. The number of benzene rings is 1. The molecular formula is C16H18N2O. The minimum atomic E-state index is -0.107. The van der Waals surface area contributed by atoms with Gasteiger partial charge in [0.15, 0.2) is 0 Å². The van der Waals surface area contributed by atoms with Crippen LogP contribution >= 0.6 is 0 Å². The lowest BCUT2D eigenvalue weighted by Gasteiger charge is -2.12. The van der Waals surface area contributed by atoms with Crippen molar-refractivity contribution in [2.75, 3.05) is 7.05 Å². The van der Waals surface area contributed by atoms with Crippen LogP contribution in [0.4, 0.5) is 0 Å². The average Bonchev–Trinajstić information content (AvgIpc) is 2.46. The molecule has 0 fully saturated rings. The molecule has 3 nitrogen and oxygen atoms in total. The Morgan fingerprint density at radius 3 is 2.47 bits per heavy atom. The van der Waals surface area contributed by atoms with Gasteiger partial charge in [-0.2, -0.15) is 0 Å². The Morgan fingerprint density at radius 1 is 1.21 bits per heavy atom. The second kappa shape index (κ2) is 6.25. The minimum Gasteiger partial charge on any atom is -0.310 e. The number of carbonyl (C=O) groups excluding carboxylic acids is 1.